The summed E-state index contributed by atoms with van der Waals surface area (Å²) in [5.74, 6) is -0.447. The normalized spacial score (nSPS) is 20.2. The molecule has 1 aliphatic heterocycles. The number of amides is 1. The minimum absolute atomic E-state index is 0.0165. The summed E-state index contributed by atoms with van der Waals surface area (Å²) in [4.78, 5) is 14.1. The maximum atomic E-state index is 11.9. The van der Waals surface area contributed by atoms with Crippen LogP contribution in [0.5, 0.6) is 5.75 Å². The Bertz CT molecular complexity index is 467. The smallest absolute Gasteiger partial charge is 0.255 e. The van der Waals surface area contributed by atoms with Gasteiger partial charge in [-0.2, -0.15) is 0 Å². The zero-order valence-electron chi connectivity index (χ0n) is 10.7. The first kappa shape index (κ1) is 14.1. The van der Waals surface area contributed by atoms with E-state index in [2.05, 4.69) is 10.2 Å². The summed E-state index contributed by atoms with van der Waals surface area (Å²) in [6.07, 6.45) is -0.0165. The molecule has 5 nitrogen and oxygen atoms in total. The van der Waals surface area contributed by atoms with E-state index < -0.39 is 0 Å². The van der Waals surface area contributed by atoms with Crippen LogP contribution in [0.2, 0.25) is 5.02 Å². The molecule has 1 aliphatic rings. The summed E-state index contributed by atoms with van der Waals surface area (Å²) in [5.41, 5.74) is 0.216. The quantitative estimate of drug-likeness (QED) is 0.873. The fraction of sp³-hybridized carbons (Fsp3) is 0.462. The van der Waals surface area contributed by atoms with Crippen LogP contribution in [0.25, 0.3) is 0 Å². The molecule has 0 spiro atoms. The number of nitrogens with zero attached hydrogens (tertiary/aromatic N) is 1. The molecular formula is C13H17ClN2O3. The van der Waals surface area contributed by atoms with E-state index in [1.54, 1.807) is 6.07 Å². The largest absolute Gasteiger partial charge is 0.507 e. The molecule has 0 saturated carbocycles. The Morgan fingerprint density at radius 3 is 3.11 bits per heavy atom. The van der Waals surface area contributed by atoms with E-state index in [9.17, 15) is 9.90 Å². The van der Waals surface area contributed by atoms with Gasteiger partial charge in [-0.25, -0.2) is 0 Å². The van der Waals surface area contributed by atoms with Crippen molar-refractivity contribution in [2.24, 2.45) is 0 Å². The van der Waals surface area contributed by atoms with Crippen LogP contribution >= 0.6 is 11.6 Å². The van der Waals surface area contributed by atoms with Gasteiger partial charge in [0.15, 0.2) is 0 Å². The molecule has 0 radical (unpaired) electrons. The van der Waals surface area contributed by atoms with Crippen molar-refractivity contribution in [3.8, 4) is 5.75 Å². The Morgan fingerprint density at radius 2 is 2.42 bits per heavy atom. The predicted molar refractivity (Wildman–Crippen MR) is 72.7 cm³/mol. The highest BCUT2D eigenvalue weighted by atomic mass is 35.5. The maximum absolute atomic E-state index is 11.9. The van der Waals surface area contributed by atoms with Crippen molar-refractivity contribution >= 4 is 17.5 Å². The number of ether oxygens (including phenoxy) is 1. The van der Waals surface area contributed by atoms with Gasteiger partial charge in [0.2, 0.25) is 0 Å². The van der Waals surface area contributed by atoms with E-state index in [-0.39, 0.29) is 23.3 Å². The fourth-order valence-electron chi connectivity index (χ4n) is 1.99. The lowest BCUT2D eigenvalue weighted by Crippen LogP contribution is -2.45. The van der Waals surface area contributed by atoms with Gasteiger partial charge < -0.3 is 20.1 Å². The zero-order chi connectivity index (χ0) is 13.8. The molecule has 2 N–H and O–H groups in total. The summed E-state index contributed by atoms with van der Waals surface area (Å²) in [7, 11) is 2.02. The fourth-order valence-corrected chi connectivity index (χ4v) is 2.16. The van der Waals surface area contributed by atoms with Crippen molar-refractivity contribution in [1.82, 2.24) is 10.2 Å². The molecule has 1 aromatic rings. The van der Waals surface area contributed by atoms with Gasteiger partial charge in [-0.05, 0) is 25.2 Å². The minimum atomic E-state index is -0.328. The highest BCUT2D eigenvalue weighted by molar-refractivity contribution is 6.30. The molecule has 0 bridgehead atoms. The summed E-state index contributed by atoms with van der Waals surface area (Å²) in [6.45, 7) is 2.78. The molecule has 2 rings (SSSR count). The molecule has 1 heterocycles. The van der Waals surface area contributed by atoms with E-state index in [0.717, 1.165) is 13.1 Å². The van der Waals surface area contributed by atoms with Crippen molar-refractivity contribution in [3.63, 3.8) is 0 Å². The first-order valence-corrected chi connectivity index (χ1v) is 6.51. The number of nitrogens with one attached hydrogen (secondary N) is 1. The highest BCUT2D eigenvalue weighted by Gasteiger charge is 2.19. The number of carbonyl (C=O) groups excluding carboxylic acids is 1. The molecule has 0 aromatic heterocycles. The Kier molecular flexibility index (Phi) is 4.63. The third-order valence-electron chi connectivity index (χ3n) is 3.04. The zero-order valence-corrected chi connectivity index (χ0v) is 11.5. The van der Waals surface area contributed by atoms with Gasteiger partial charge in [0, 0.05) is 24.7 Å². The van der Waals surface area contributed by atoms with Gasteiger partial charge >= 0.3 is 0 Å². The van der Waals surface area contributed by atoms with E-state index in [4.69, 9.17) is 16.3 Å². The second-order valence-corrected chi connectivity index (χ2v) is 5.06. The van der Waals surface area contributed by atoms with Gasteiger partial charge in [0.1, 0.15) is 5.75 Å². The Morgan fingerprint density at radius 1 is 1.63 bits per heavy atom. The lowest BCUT2D eigenvalue weighted by atomic mass is 10.2. The van der Waals surface area contributed by atoms with Crippen LogP contribution in [0.1, 0.15) is 10.4 Å². The van der Waals surface area contributed by atoms with Gasteiger partial charge in [0.25, 0.3) is 5.91 Å². The van der Waals surface area contributed by atoms with Gasteiger partial charge in [-0.1, -0.05) is 11.6 Å². The van der Waals surface area contributed by atoms with Crippen molar-refractivity contribution < 1.29 is 14.6 Å². The molecule has 1 unspecified atom stereocenters. The number of phenols is 1. The standard InChI is InChI=1S/C13H17ClN2O3/c1-16-4-5-19-10(8-16)7-15-13(18)11-3-2-9(14)6-12(11)17/h2-3,6,10,17H,4-5,7-8H2,1H3,(H,15,18). The van der Waals surface area contributed by atoms with Crippen molar-refractivity contribution in [3.05, 3.63) is 28.8 Å². The number of rotatable bonds is 3. The van der Waals surface area contributed by atoms with E-state index in [1.165, 1.54) is 12.1 Å². The monoisotopic (exact) mass is 284 g/mol. The van der Waals surface area contributed by atoms with Crippen molar-refractivity contribution in [2.75, 3.05) is 33.3 Å². The van der Waals surface area contributed by atoms with Crippen LogP contribution in [0.4, 0.5) is 0 Å². The summed E-state index contributed by atoms with van der Waals surface area (Å²) in [5, 5.41) is 12.8. The third kappa shape index (κ3) is 3.83. The first-order chi connectivity index (χ1) is 9.06. The average Bonchev–Trinajstić information content (AvgIpc) is 2.36. The summed E-state index contributed by atoms with van der Waals surface area (Å²) < 4.78 is 5.54. The minimum Gasteiger partial charge on any atom is -0.507 e. The van der Waals surface area contributed by atoms with Gasteiger partial charge in [0.05, 0.1) is 18.3 Å². The predicted octanol–water partition coefficient (Wildman–Crippen LogP) is 1.11. The first-order valence-electron chi connectivity index (χ1n) is 6.13. The topological polar surface area (TPSA) is 61.8 Å². The third-order valence-corrected chi connectivity index (χ3v) is 3.27. The molecule has 19 heavy (non-hydrogen) atoms. The SMILES string of the molecule is CN1CCOC(CNC(=O)c2ccc(Cl)cc2O)C1. The van der Waals surface area contributed by atoms with Crippen LogP contribution < -0.4 is 5.32 Å². The number of hydrogen-bond acceptors (Lipinski definition) is 4. The average molecular weight is 285 g/mol. The van der Waals surface area contributed by atoms with E-state index in [0.29, 0.717) is 18.2 Å². The van der Waals surface area contributed by atoms with Crippen LogP contribution in [-0.4, -0.2) is 55.3 Å². The molecule has 1 aromatic carbocycles. The number of hydrogen-bond donors (Lipinski definition) is 2. The lowest BCUT2D eigenvalue weighted by molar-refractivity contribution is -0.0175. The molecule has 0 aliphatic carbocycles. The Hall–Kier alpha value is -1.30. The molecular weight excluding hydrogens is 268 g/mol. The number of benzene rings is 1. The van der Waals surface area contributed by atoms with Crippen LogP contribution in [0.15, 0.2) is 18.2 Å². The highest BCUT2D eigenvalue weighted by Crippen LogP contribution is 2.21. The second-order valence-electron chi connectivity index (χ2n) is 4.63. The lowest BCUT2D eigenvalue weighted by Gasteiger charge is -2.30. The van der Waals surface area contributed by atoms with Gasteiger partial charge in [-0.3, -0.25) is 4.79 Å². The number of phenolic OH excluding ortho intramolecular Hbond substituents is 1. The summed E-state index contributed by atoms with van der Waals surface area (Å²) >= 11 is 5.72. The molecule has 104 valence electrons. The molecule has 6 heteroatoms. The number of morpholine rings is 1. The number of aromatic hydroxyl groups is 1. The maximum Gasteiger partial charge on any atom is 0.255 e. The van der Waals surface area contributed by atoms with E-state index >= 15 is 0 Å². The van der Waals surface area contributed by atoms with E-state index in [1.807, 2.05) is 7.05 Å². The number of carbonyl (C=O) groups is 1. The van der Waals surface area contributed by atoms with Crippen LogP contribution in [0.3, 0.4) is 0 Å². The number of likely N-dealkylation sites (N-methyl/N-ethyl adjacent to an activating group) is 1. The van der Waals surface area contributed by atoms with Gasteiger partial charge in [-0.15, -0.1) is 0 Å². The summed E-state index contributed by atoms with van der Waals surface area (Å²) in [6, 6.07) is 4.42. The molecule has 1 amide bonds. The van der Waals surface area contributed by atoms with Crippen molar-refractivity contribution in [1.29, 1.82) is 0 Å². The molecule has 1 fully saturated rings. The van der Waals surface area contributed by atoms with Crippen LogP contribution in [-0.2, 0) is 4.74 Å². The Balaban J connectivity index is 1.90. The molecule has 1 atom stereocenters. The van der Waals surface area contributed by atoms with Crippen LogP contribution in [0, 0.1) is 0 Å². The second kappa shape index (κ2) is 6.23. The van der Waals surface area contributed by atoms with Crippen molar-refractivity contribution in [2.45, 2.75) is 6.10 Å². The Labute approximate surface area is 117 Å². The molecule has 1 saturated heterocycles. The number of halogens is 1.